The van der Waals surface area contributed by atoms with Crippen molar-refractivity contribution < 1.29 is 4.74 Å². The van der Waals surface area contributed by atoms with Crippen molar-refractivity contribution in [3.05, 3.63) is 42.0 Å². The van der Waals surface area contributed by atoms with Crippen LogP contribution in [0.5, 0.6) is 0 Å². The molecule has 20 heavy (non-hydrogen) atoms. The average molecular weight is 291 g/mol. The SMILES string of the molecule is CC1(C(N)=S)CC=C(c2ccccc2)C1.CCCOC. The maximum atomic E-state index is 5.77. The number of methoxy groups -OCH3 is 1. The Kier molecular flexibility index (Phi) is 6.89. The van der Waals surface area contributed by atoms with Crippen LogP contribution in [0, 0.1) is 5.41 Å². The van der Waals surface area contributed by atoms with Gasteiger partial charge in [0.25, 0.3) is 0 Å². The van der Waals surface area contributed by atoms with Gasteiger partial charge in [-0.2, -0.15) is 0 Å². The van der Waals surface area contributed by atoms with E-state index in [-0.39, 0.29) is 5.41 Å². The van der Waals surface area contributed by atoms with E-state index in [2.05, 4.69) is 44.2 Å². The molecule has 0 aromatic heterocycles. The monoisotopic (exact) mass is 291 g/mol. The summed E-state index contributed by atoms with van der Waals surface area (Å²) in [5.41, 5.74) is 8.41. The molecule has 2 N–H and O–H groups in total. The van der Waals surface area contributed by atoms with Gasteiger partial charge < -0.3 is 10.5 Å². The largest absolute Gasteiger partial charge is 0.393 e. The van der Waals surface area contributed by atoms with E-state index in [1.165, 1.54) is 11.1 Å². The highest BCUT2D eigenvalue weighted by molar-refractivity contribution is 7.80. The van der Waals surface area contributed by atoms with Crippen LogP contribution in [-0.4, -0.2) is 18.7 Å². The molecule has 0 saturated carbocycles. The lowest BCUT2D eigenvalue weighted by Gasteiger charge is -2.22. The molecule has 0 aliphatic heterocycles. The van der Waals surface area contributed by atoms with Gasteiger partial charge in [-0.15, -0.1) is 0 Å². The number of benzene rings is 1. The van der Waals surface area contributed by atoms with Crippen molar-refractivity contribution in [2.24, 2.45) is 11.1 Å². The summed E-state index contributed by atoms with van der Waals surface area (Å²) in [5.74, 6) is 0. The van der Waals surface area contributed by atoms with E-state index in [1.54, 1.807) is 7.11 Å². The second kappa shape index (κ2) is 8.18. The summed E-state index contributed by atoms with van der Waals surface area (Å²) in [4.78, 5) is 0.629. The van der Waals surface area contributed by atoms with Crippen LogP contribution >= 0.6 is 12.2 Å². The van der Waals surface area contributed by atoms with Crippen molar-refractivity contribution in [3.63, 3.8) is 0 Å². The molecule has 0 fully saturated rings. The van der Waals surface area contributed by atoms with Gasteiger partial charge in [-0.1, -0.05) is 62.5 Å². The van der Waals surface area contributed by atoms with Crippen molar-refractivity contribution >= 4 is 22.8 Å². The summed E-state index contributed by atoms with van der Waals surface area (Å²) < 4.78 is 4.69. The Morgan fingerprint density at radius 2 is 2.00 bits per heavy atom. The van der Waals surface area contributed by atoms with Gasteiger partial charge in [0.05, 0.1) is 4.99 Å². The first-order valence-electron chi connectivity index (χ1n) is 7.07. The van der Waals surface area contributed by atoms with E-state index in [1.807, 2.05) is 6.07 Å². The predicted molar refractivity (Wildman–Crippen MR) is 90.7 cm³/mol. The number of nitrogens with two attached hydrogens (primary N) is 1. The fourth-order valence-electron chi connectivity index (χ4n) is 2.18. The molecule has 1 aromatic rings. The van der Waals surface area contributed by atoms with Crippen LogP contribution in [0.15, 0.2) is 36.4 Å². The van der Waals surface area contributed by atoms with Gasteiger partial charge in [-0.05, 0) is 30.4 Å². The van der Waals surface area contributed by atoms with Crippen LogP contribution in [-0.2, 0) is 4.74 Å². The van der Waals surface area contributed by atoms with Crippen molar-refractivity contribution in [3.8, 4) is 0 Å². The number of hydrogen-bond donors (Lipinski definition) is 1. The first kappa shape index (κ1) is 16.9. The van der Waals surface area contributed by atoms with Gasteiger partial charge in [-0.25, -0.2) is 0 Å². The number of allylic oxidation sites excluding steroid dienone is 2. The molecule has 0 heterocycles. The number of rotatable bonds is 4. The molecule has 3 heteroatoms. The van der Waals surface area contributed by atoms with E-state index in [0.717, 1.165) is 25.9 Å². The summed E-state index contributed by atoms with van der Waals surface area (Å²) >= 11 is 5.12. The minimum absolute atomic E-state index is 0.0134. The Hall–Kier alpha value is -1.19. The Labute approximate surface area is 128 Å². The Morgan fingerprint density at radius 1 is 1.35 bits per heavy atom. The highest BCUT2D eigenvalue weighted by Gasteiger charge is 2.32. The Bertz CT molecular complexity index is 453. The maximum Gasteiger partial charge on any atom is 0.0793 e. The lowest BCUT2D eigenvalue weighted by atomic mass is 9.86. The molecule has 0 saturated heterocycles. The molecular weight excluding hydrogens is 266 g/mol. The van der Waals surface area contributed by atoms with Crippen molar-refractivity contribution in [2.45, 2.75) is 33.1 Å². The maximum absolute atomic E-state index is 5.77. The molecule has 1 aliphatic carbocycles. The van der Waals surface area contributed by atoms with E-state index in [9.17, 15) is 0 Å². The summed E-state index contributed by atoms with van der Waals surface area (Å²) in [5, 5.41) is 0. The van der Waals surface area contributed by atoms with Crippen LogP contribution in [0.2, 0.25) is 0 Å². The van der Waals surface area contributed by atoms with Crippen molar-refractivity contribution in [1.29, 1.82) is 0 Å². The number of ether oxygens (including phenoxy) is 1. The third-order valence-corrected chi connectivity index (χ3v) is 4.02. The van der Waals surface area contributed by atoms with E-state index in [0.29, 0.717) is 4.99 Å². The highest BCUT2D eigenvalue weighted by Crippen LogP contribution is 2.41. The van der Waals surface area contributed by atoms with Gasteiger partial charge in [0.1, 0.15) is 0 Å². The van der Waals surface area contributed by atoms with Crippen molar-refractivity contribution in [2.75, 3.05) is 13.7 Å². The number of thiocarbonyl (C=S) groups is 1. The van der Waals surface area contributed by atoms with Crippen LogP contribution in [0.3, 0.4) is 0 Å². The average Bonchev–Trinajstić information content (AvgIpc) is 2.86. The first-order valence-corrected chi connectivity index (χ1v) is 7.47. The van der Waals surface area contributed by atoms with Crippen LogP contribution in [0.25, 0.3) is 5.57 Å². The first-order chi connectivity index (χ1) is 9.53. The van der Waals surface area contributed by atoms with Crippen LogP contribution in [0.1, 0.15) is 38.7 Å². The third kappa shape index (κ3) is 4.73. The molecule has 0 radical (unpaired) electrons. The Morgan fingerprint density at radius 3 is 2.40 bits per heavy atom. The van der Waals surface area contributed by atoms with Crippen LogP contribution < -0.4 is 5.73 Å². The van der Waals surface area contributed by atoms with Gasteiger partial charge in [0, 0.05) is 19.1 Å². The quantitative estimate of drug-likeness (QED) is 0.844. The smallest absolute Gasteiger partial charge is 0.0793 e. The standard InChI is InChI=1S/C13H15NS.C4H10O/c1-13(12(14)15)8-7-11(9-13)10-5-3-2-4-6-10;1-3-4-5-2/h2-7H,8-9H2,1H3,(H2,14,15);3-4H2,1-2H3. The lowest BCUT2D eigenvalue weighted by Crippen LogP contribution is -2.30. The highest BCUT2D eigenvalue weighted by atomic mass is 32.1. The molecule has 0 amide bonds. The second-order valence-electron chi connectivity index (χ2n) is 5.39. The van der Waals surface area contributed by atoms with Gasteiger partial charge in [0.15, 0.2) is 0 Å². The minimum atomic E-state index is -0.0134. The molecule has 1 unspecified atom stereocenters. The molecule has 1 atom stereocenters. The molecule has 0 bridgehead atoms. The molecule has 2 rings (SSSR count). The fraction of sp³-hybridized carbons (Fsp3) is 0.471. The summed E-state index contributed by atoms with van der Waals surface area (Å²) in [6.07, 6.45) is 5.31. The zero-order chi connectivity index (χ0) is 15.0. The zero-order valence-electron chi connectivity index (χ0n) is 12.7. The summed E-state index contributed by atoms with van der Waals surface area (Å²) in [6, 6.07) is 10.4. The third-order valence-electron chi connectivity index (χ3n) is 3.53. The molecule has 1 aromatic carbocycles. The summed E-state index contributed by atoms with van der Waals surface area (Å²) in [6.45, 7) is 5.12. The summed E-state index contributed by atoms with van der Waals surface area (Å²) in [7, 11) is 1.71. The van der Waals surface area contributed by atoms with Gasteiger partial charge in [0.2, 0.25) is 0 Å². The van der Waals surface area contributed by atoms with Crippen molar-refractivity contribution in [1.82, 2.24) is 0 Å². The predicted octanol–water partition coefficient (Wildman–Crippen LogP) is 4.20. The van der Waals surface area contributed by atoms with Gasteiger partial charge in [-0.3, -0.25) is 0 Å². The number of hydrogen-bond acceptors (Lipinski definition) is 2. The molecule has 0 spiro atoms. The molecular formula is C17H25NOS. The molecule has 2 nitrogen and oxygen atoms in total. The van der Waals surface area contributed by atoms with E-state index in [4.69, 9.17) is 22.7 Å². The minimum Gasteiger partial charge on any atom is -0.393 e. The van der Waals surface area contributed by atoms with Gasteiger partial charge >= 0.3 is 0 Å². The zero-order valence-corrected chi connectivity index (χ0v) is 13.5. The van der Waals surface area contributed by atoms with E-state index < -0.39 is 0 Å². The molecule has 110 valence electrons. The fourth-order valence-corrected chi connectivity index (χ4v) is 2.33. The second-order valence-corrected chi connectivity index (χ2v) is 5.83. The topological polar surface area (TPSA) is 35.2 Å². The normalized spacial score (nSPS) is 20.9. The molecule has 1 aliphatic rings. The lowest BCUT2D eigenvalue weighted by molar-refractivity contribution is 0.199. The Balaban J connectivity index is 0.000000347. The van der Waals surface area contributed by atoms with Crippen LogP contribution in [0.4, 0.5) is 0 Å². The van der Waals surface area contributed by atoms with E-state index >= 15 is 0 Å².